The van der Waals surface area contributed by atoms with Crippen molar-refractivity contribution in [2.75, 3.05) is 7.11 Å². The minimum absolute atomic E-state index is 0.151. The van der Waals surface area contributed by atoms with Crippen molar-refractivity contribution < 1.29 is 18.1 Å². The van der Waals surface area contributed by atoms with Gasteiger partial charge in [0.05, 0.1) is 28.4 Å². The summed E-state index contributed by atoms with van der Waals surface area (Å²) in [5, 5.41) is 0. The number of rotatable bonds is 4. The molecule has 0 spiro atoms. The molecular formula is C14H20FNO3S. The molecule has 1 aromatic rings. The molecule has 0 heterocycles. The molecule has 1 aromatic carbocycles. The predicted molar refractivity (Wildman–Crippen MR) is 77.2 cm³/mol. The first-order valence-electron chi connectivity index (χ1n) is 6.22. The molecule has 0 radical (unpaired) electrons. The lowest BCUT2D eigenvalue weighted by Gasteiger charge is -2.22. The van der Waals surface area contributed by atoms with Crippen LogP contribution in [-0.2, 0) is 15.7 Å². The molecule has 1 rings (SSSR count). The lowest BCUT2D eigenvalue weighted by Crippen LogP contribution is -2.35. The third kappa shape index (κ3) is 4.11. The Bertz CT molecular complexity index is 526. The van der Waals surface area contributed by atoms with Gasteiger partial charge in [-0.25, -0.2) is 18.1 Å². The molecule has 1 unspecified atom stereocenters. The van der Waals surface area contributed by atoms with Gasteiger partial charge >= 0.3 is 5.97 Å². The molecule has 0 amide bonds. The van der Waals surface area contributed by atoms with E-state index >= 15 is 0 Å². The Labute approximate surface area is 121 Å². The molecule has 6 heteroatoms. The average molecular weight is 301 g/mol. The van der Waals surface area contributed by atoms with Crippen molar-refractivity contribution in [1.82, 2.24) is 4.72 Å². The van der Waals surface area contributed by atoms with Crippen LogP contribution in [0.2, 0.25) is 0 Å². The van der Waals surface area contributed by atoms with Gasteiger partial charge in [0.25, 0.3) is 0 Å². The van der Waals surface area contributed by atoms with E-state index in [1.54, 1.807) is 6.92 Å². The molecule has 0 bridgehead atoms. The summed E-state index contributed by atoms with van der Waals surface area (Å²) >= 11 is 0. The van der Waals surface area contributed by atoms with E-state index in [2.05, 4.69) is 9.46 Å². The van der Waals surface area contributed by atoms with Crippen molar-refractivity contribution in [3.8, 4) is 0 Å². The van der Waals surface area contributed by atoms with Crippen molar-refractivity contribution in [1.29, 1.82) is 0 Å². The molecule has 0 saturated carbocycles. The Hall–Kier alpha value is -1.27. The van der Waals surface area contributed by atoms with Crippen molar-refractivity contribution in [2.24, 2.45) is 0 Å². The van der Waals surface area contributed by atoms with Gasteiger partial charge < -0.3 is 4.74 Å². The van der Waals surface area contributed by atoms with Gasteiger partial charge in [-0.05, 0) is 39.8 Å². The quantitative estimate of drug-likeness (QED) is 0.870. The summed E-state index contributed by atoms with van der Waals surface area (Å²) in [6.07, 6.45) is 0. The van der Waals surface area contributed by atoms with E-state index in [1.807, 2.05) is 20.8 Å². The first-order valence-corrected chi connectivity index (χ1v) is 7.37. The van der Waals surface area contributed by atoms with Gasteiger partial charge in [0.1, 0.15) is 5.82 Å². The maximum absolute atomic E-state index is 14.0. The van der Waals surface area contributed by atoms with Gasteiger partial charge in [-0.1, -0.05) is 6.07 Å². The van der Waals surface area contributed by atoms with E-state index in [1.165, 1.54) is 19.2 Å². The molecule has 0 aliphatic rings. The molecule has 0 saturated heterocycles. The molecular weight excluding hydrogens is 281 g/mol. The van der Waals surface area contributed by atoms with Gasteiger partial charge in [-0.15, -0.1) is 0 Å². The Balaban J connectivity index is 2.92. The van der Waals surface area contributed by atoms with Gasteiger partial charge in [0.15, 0.2) is 0 Å². The molecule has 112 valence electrons. The van der Waals surface area contributed by atoms with Crippen LogP contribution in [0.1, 0.15) is 49.7 Å². The number of methoxy groups -OCH3 is 1. The van der Waals surface area contributed by atoms with Crippen molar-refractivity contribution in [3.63, 3.8) is 0 Å². The first kappa shape index (κ1) is 16.8. The van der Waals surface area contributed by atoms with E-state index in [0.29, 0.717) is 5.56 Å². The number of ether oxygens (including phenoxy) is 1. The van der Waals surface area contributed by atoms with Crippen molar-refractivity contribution >= 4 is 17.0 Å². The summed E-state index contributed by atoms with van der Waals surface area (Å²) in [6, 6.07) is 3.68. The molecule has 0 aliphatic heterocycles. The van der Waals surface area contributed by atoms with Gasteiger partial charge in [-0.3, -0.25) is 0 Å². The number of benzene rings is 1. The van der Waals surface area contributed by atoms with Crippen LogP contribution >= 0.6 is 0 Å². The summed E-state index contributed by atoms with van der Waals surface area (Å²) in [7, 11) is -0.0593. The van der Waals surface area contributed by atoms with E-state index < -0.39 is 33.6 Å². The Morgan fingerprint density at radius 1 is 1.40 bits per heavy atom. The lowest BCUT2D eigenvalue weighted by molar-refractivity contribution is 0.0600. The minimum atomic E-state index is -1.30. The second kappa shape index (κ2) is 6.45. The fourth-order valence-corrected chi connectivity index (χ4v) is 2.33. The highest BCUT2D eigenvalue weighted by molar-refractivity contribution is 7.84. The van der Waals surface area contributed by atoms with Gasteiger partial charge in [0.2, 0.25) is 0 Å². The number of esters is 1. The number of hydrogen-bond donors (Lipinski definition) is 1. The van der Waals surface area contributed by atoms with E-state index in [4.69, 9.17) is 0 Å². The maximum Gasteiger partial charge on any atom is 0.337 e. The molecule has 0 aromatic heterocycles. The van der Waals surface area contributed by atoms with E-state index in [9.17, 15) is 13.4 Å². The molecule has 1 N–H and O–H groups in total. The Morgan fingerprint density at radius 2 is 2.00 bits per heavy atom. The van der Waals surface area contributed by atoms with Crippen molar-refractivity contribution in [3.05, 3.63) is 35.1 Å². The molecule has 0 aliphatic carbocycles. The van der Waals surface area contributed by atoms with E-state index in [0.717, 1.165) is 6.07 Å². The molecule has 20 heavy (non-hydrogen) atoms. The van der Waals surface area contributed by atoms with Crippen LogP contribution in [0.3, 0.4) is 0 Å². The summed E-state index contributed by atoms with van der Waals surface area (Å²) in [5.41, 5.74) is 0.508. The van der Waals surface area contributed by atoms with Crippen molar-refractivity contribution in [2.45, 2.75) is 38.5 Å². The fraction of sp³-hybridized carbons (Fsp3) is 0.500. The highest BCUT2D eigenvalue weighted by atomic mass is 32.2. The zero-order valence-electron chi connectivity index (χ0n) is 12.3. The Morgan fingerprint density at radius 3 is 2.45 bits per heavy atom. The van der Waals surface area contributed by atoms with Crippen LogP contribution in [0.5, 0.6) is 0 Å². The predicted octanol–water partition coefficient (Wildman–Crippen LogP) is 2.73. The number of hydrogen-bond acceptors (Lipinski definition) is 3. The molecule has 2 atom stereocenters. The number of nitrogens with one attached hydrogen (secondary N) is 1. The number of carbonyl (C=O) groups excluding carboxylic acids is 1. The SMILES string of the molecule is COC(=O)c1ccc([C@@H](C)NS(=O)C(C)(C)C)c(F)c1. The van der Waals surface area contributed by atoms with Crippen LogP contribution in [0.15, 0.2) is 18.2 Å². The zero-order chi connectivity index (χ0) is 15.5. The second-order valence-electron chi connectivity index (χ2n) is 5.45. The summed E-state index contributed by atoms with van der Waals surface area (Å²) < 4.78 is 32.9. The summed E-state index contributed by atoms with van der Waals surface area (Å²) in [4.78, 5) is 11.3. The van der Waals surface area contributed by atoms with E-state index in [-0.39, 0.29) is 5.56 Å². The Kier molecular flexibility index (Phi) is 5.42. The van der Waals surface area contributed by atoms with Crippen LogP contribution < -0.4 is 4.72 Å². The first-order chi connectivity index (χ1) is 9.16. The second-order valence-corrected chi connectivity index (χ2v) is 7.45. The largest absolute Gasteiger partial charge is 0.465 e. The minimum Gasteiger partial charge on any atom is -0.465 e. The lowest BCUT2D eigenvalue weighted by atomic mass is 10.1. The van der Waals surface area contributed by atoms with Crippen LogP contribution in [0.4, 0.5) is 4.39 Å². The summed E-state index contributed by atoms with van der Waals surface area (Å²) in [5.74, 6) is -1.12. The maximum atomic E-state index is 14.0. The van der Waals surface area contributed by atoms with Gasteiger partial charge in [-0.2, -0.15) is 0 Å². The smallest absolute Gasteiger partial charge is 0.337 e. The third-order valence-electron chi connectivity index (χ3n) is 2.73. The monoisotopic (exact) mass is 301 g/mol. The number of carbonyl (C=O) groups is 1. The molecule has 0 fully saturated rings. The standard InChI is InChI=1S/C14H20FNO3S/c1-9(16-20(18)14(2,3)4)11-7-6-10(8-12(11)15)13(17)19-5/h6-9,16H,1-5H3/t9-,20?/m1/s1. The fourth-order valence-electron chi connectivity index (χ4n) is 1.52. The highest BCUT2D eigenvalue weighted by Crippen LogP contribution is 2.21. The van der Waals surface area contributed by atoms with Crippen LogP contribution in [-0.4, -0.2) is 22.0 Å². The third-order valence-corrected chi connectivity index (χ3v) is 4.41. The normalized spacial score (nSPS) is 14.7. The van der Waals surface area contributed by atoms with Crippen LogP contribution in [0, 0.1) is 5.82 Å². The summed E-state index contributed by atoms with van der Waals surface area (Å²) in [6.45, 7) is 7.22. The average Bonchev–Trinajstić information content (AvgIpc) is 2.36. The topological polar surface area (TPSA) is 55.4 Å². The zero-order valence-corrected chi connectivity index (χ0v) is 13.1. The molecule has 4 nitrogen and oxygen atoms in total. The number of halogens is 1. The highest BCUT2D eigenvalue weighted by Gasteiger charge is 2.23. The van der Waals surface area contributed by atoms with Crippen LogP contribution in [0.25, 0.3) is 0 Å². The van der Waals surface area contributed by atoms with Gasteiger partial charge in [0, 0.05) is 11.6 Å².